The Bertz CT molecular complexity index is 876. The summed E-state index contributed by atoms with van der Waals surface area (Å²) in [6.07, 6.45) is 3.57. The minimum Gasteiger partial charge on any atom is -0.379 e. The van der Waals surface area contributed by atoms with E-state index in [4.69, 9.17) is 10.5 Å². The second-order valence-electron chi connectivity index (χ2n) is 8.49. The maximum atomic E-state index is 12.4. The Kier molecular flexibility index (Phi) is 6.44. The van der Waals surface area contributed by atoms with Crippen LogP contribution in [0.3, 0.4) is 0 Å². The lowest BCUT2D eigenvalue weighted by Crippen LogP contribution is -2.37. The monoisotopic (exact) mass is 410 g/mol. The Hall–Kier alpha value is -2.31. The van der Waals surface area contributed by atoms with Crippen LogP contribution >= 0.6 is 0 Å². The van der Waals surface area contributed by atoms with E-state index in [1.807, 2.05) is 6.92 Å². The molecule has 0 aliphatic carbocycles. The number of nitrogens with zero attached hydrogens (tertiary/aromatic N) is 3. The maximum Gasteiger partial charge on any atom is 0.251 e. The van der Waals surface area contributed by atoms with Crippen LogP contribution in [-0.2, 0) is 11.3 Å². The summed E-state index contributed by atoms with van der Waals surface area (Å²) in [5.74, 6) is -0.346. The van der Waals surface area contributed by atoms with Crippen molar-refractivity contribution in [3.05, 3.63) is 41.2 Å². The Morgan fingerprint density at radius 2 is 1.63 bits per heavy atom. The molecule has 0 atom stereocenters. The highest BCUT2D eigenvalue weighted by atomic mass is 16.5. The van der Waals surface area contributed by atoms with Crippen molar-refractivity contribution < 1.29 is 9.53 Å². The molecule has 2 N–H and O–H groups in total. The highest BCUT2D eigenvalue weighted by Gasteiger charge is 2.23. The van der Waals surface area contributed by atoms with Crippen LogP contribution in [0.1, 0.15) is 41.0 Å². The third-order valence-electron chi connectivity index (χ3n) is 6.62. The maximum absolute atomic E-state index is 12.4. The van der Waals surface area contributed by atoms with Crippen molar-refractivity contribution in [3.63, 3.8) is 0 Å². The van der Waals surface area contributed by atoms with Crippen LogP contribution in [0.2, 0.25) is 0 Å². The fourth-order valence-electron chi connectivity index (χ4n) is 4.96. The van der Waals surface area contributed by atoms with Crippen molar-refractivity contribution in [2.75, 3.05) is 50.8 Å². The van der Waals surface area contributed by atoms with Crippen LogP contribution in [0.5, 0.6) is 0 Å². The number of amides is 1. The average Bonchev–Trinajstić information content (AvgIpc) is 3.37. The van der Waals surface area contributed by atoms with Gasteiger partial charge in [0.2, 0.25) is 0 Å². The number of carbonyl (C=O) groups excluding carboxylic acids is 1. The number of hydrogen-bond acceptors (Lipinski definition) is 4. The molecule has 2 aliphatic rings. The molecular formula is C24H34N4O2. The Morgan fingerprint density at radius 1 is 0.967 bits per heavy atom. The van der Waals surface area contributed by atoms with Gasteiger partial charge in [-0.1, -0.05) is 12.1 Å². The number of primary amides is 1. The zero-order valence-corrected chi connectivity index (χ0v) is 18.3. The van der Waals surface area contributed by atoms with Gasteiger partial charge in [0.05, 0.1) is 18.8 Å². The molecule has 0 unspecified atom stereocenters. The topological polar surface area (TPSA) is 63.7 Å². The van der Waals surface area contributed by atoms with Gasteiger partial charge in [-0.3, -0.25) is 9.69 Å². The molecule has 0 radical (unpaired) electrons. The summed E-state index contributed by atoms with van der Waals surface area (Å²) in [7, 11) is 0. The van der Waals surface area contributed by atoms with Crippen molar-refractivity contribution in [2.45, 2.75) is 39.7 Å². The largest absolute Gasteiger partial charge is 0.379 e. The van der Waals surface area contributed by atoms with E-state index in [0.29, 0.717) is 5.56 Å². The Balaban J connectivity index is 1.56. The Morgan fingerprint density at radius 3 is 2.27 bits per heavy atom. The number of carbonyl (C=O) groups is 1. The number of hydrogen-bond donors (Lipinski definition) is 1. The van der Waals surface area contributed by atoms with Gasteiger partial charge < -0.3 is 19.9 Å². The lowest BCUT2D eigenvalue weighted by Gasteiger charge is -2.26. The molecule has 3 heterocycles. The number of morpholine rings is 1. The molecule has 162 valence electrons. The van der Waals surface area contributed by atoms with E-state index in [1.54, 1.807) is 0 Å². The number of anilines is 1. The van der Waals surface area contributed by atoms with Crippen LogP contribution in [0, 0.1) is 13.8 Å². The van der Waals surface area contributed by atoms with E-state index < -0.39 is 0 Å². The summed E-state index contributed by atoms with van der Waals surface area (Å²) in [5.41, 5.74) is 11.9. The van der Waals surface area contributed by atoms with E-state index >= 15 is 0 Å². The number of benzene rings is 1. The molecule has 2 fully saturated rings. The summed E-state index contributed by atoms with van der Waals surface area (Å²) in [6, 6.07) is 8.63. The average molecular weight is 411 g/mol. The lowest BCUT2D eigenvalue weighted by atomic mass is 9.99. The highest BCUT2D eigenvalue weighted by molar-refractivity contribution is 6.02. The van der Waals surface area contributed by atoms with Crippen LogP contribution in [0.4, 0.5) is 5.69 Å². The molecule has 2 saturated heterocycles. The molecule has 2 aromatic rings. The zero-order chi connectivity index (χ0) is 21.1. The first kappa shape index (κ1) is 20.9. The first-order chi connectivity index (χ1) is 14.6. The smallest absolute Gasteiger partial charge is 0.251 e. The minimum absolute atomic E-state index is 0.346. The normalized spacial score (nSPS) is 17.6. The lowest BCUT2D eigenvalue weighted by molar-refractivity contribution is 0.0369. The van der Waals surface area contributed by atoms with Gasteiger partial charge in [-0.05, 0) is 50.8 Å². The quantitative estimate of drug-likeness (QED) is 0.761. The molecule has 0 bridgehead atoms. The second-order valence-corrected chi connectivity index (χ2v) is 8.49. The van der Waals surface area contributed by atoms with Crippen molar-refractivity contribution >= 4 is 11.6 Å². The molecular weight excluding hydrogens is 376 g/mol. The standard InChI is InChI=1S/C24H34N4O2/c1-18-22(20-6-8-21(9-7-20)27-11-3-4-12-27)23(24(25)29)19(2)28(18)13-5-10-26-14-16-30-17-15-26/h6-9H,3-5,10-17H2,1-2H3,(H2,25,29). The number of ether oxygens (including phenoxy) is 1. The molecule has 6 heteroatoms. The predicted octanol–water partition coefficient (Wildman–Crippen LogP) is 3.19. The van der Waals surface area contributed by atoms with Crippen molar-refractivity contribution in [1.29, 1.82) is 0 Å². The summed E-state index contributed by atoms with van der Waals surface area (Å²) in [5, 5.41) is 0. The SMILES string of the molecule is Cc1c(C(N)=O)c(-c2ccc(N3CCCC3)cc2)c(C)n1CCCN1CCOCC1. The Labute approximate surface area is 179 Å². The van der Waals surface area contributed by atoms with E-state index in [-0.39, 0.29) is 5.91 Å². The van der Waals surface area contributed by atoms with Crippen LogP contribution < -0.4 is 10.6 Å². The molecule has 6 nitrogen and oxygen atoms in total. The molecule has 1 aromatic carbocycles. The first-order valence-corrected chi connectivity index (χ1v) is 11.2. The summed E-state index contributed by atoms with van der Waals surface area (Å²) >= 11 is 0. The summed E-state index contributed by atoms with van der Waals surface area (Å²) in [6.45, 7) is 12.0. The molecule has 2 aliphatic heterocycles. The molecule has 0 saturated carbocycles. The minimum atomic E-state index is -0.346. The van der Waals surface area contributed by atoms with Crippen LogP contribution in [0.25, 0.3) is 11.1 Å². The van der Waals surface area contributed by atoms with Gasteiger partial charge in [-0.25, -0.2) is 0 Å². The molecule has 30 heavy (non-hydrogen) atoms. The van der Waals surface area contributed by atoms with E-state index in [2.05, 4.69) is 45.6 Å². The molecule has 1 aromatic heterocycles. The molecule has 4 rings (SSSR count). The first-order valence-electron chi connectivity index (χ1n) is 11.2. The van der Waals surface area contributed by atoms with Gasteiger partial charge in [0.15, 0.2) is 0 Å². The summed E-state index contributed by atoms with van der Waals surface area (Å²) in [4.78, 5) is 17.2. The van der Waals surface area contributed by atoms with Gasteiger partial charge in [0, 0.05) is 61.9 Å². The predicted molar refractivity (Wildman–Crippen MR) is 121 cm³/mol. The highest BCUT2D eigenvalue weighted by Crippen LogP contribution is 2.34. The molecule has 1 amide bonds. The van der Waals surface area contributed by atoms with Gasteiger partial charge in [-0.2, -0.15) is 0 Å². The second kappa shape index (κ2) is 9.23. The van der Waals surface area contributed by atoms with Crippen molar-refractivity contribution in [1.82, 2.24) is 9.47 Å². The van der Waals surface area contributed by atoms with Crippen molar-refractivity contribution in [2.24, 2.45) is 5.73 Å². The van der Waals surface area contributed by atoms with E-state index in [1.165, 1.54) is 18.5 Å². The van der Waals surface area contributed by atoms with Gasteiger partial charge in [0.1, 0.15) is 0 Å². The van der Waals surface area contributed by atoms with Crippen molar-refractivity contribution in [3.8, 4) is 11.1 Å². The third-order valence-corrected chi connectivity index (χ3v) is 6.62. The summed E-state index contributed by atoms with van der Waals surface area (Å²) < 4.78 is 7.70. The van der Waals surface area contributed by atoms with Gasteiger partial charge >= 0.3 is 0 Å². The van der Waals surface area contributed by atoms with E-state index in [0.717, 1.165) is 81.4 Å². The van der Waals surface area contributed by atoms with Crippen LogP contribution in [0.15, 0.2) is 24.3 Å². The number of nitrogens with two attached hydrogens (primary N) is 1. The van der Waals surface area contributed by atoms with Crippen LogP contribution in [-0.4, -0.2) is 61.3 Å². The fourth-order valence-corrected chi connectivity index (χ4v) is 4.96. The third kappa shape index (κ3) is 4.25. The number of rotatable bonds is 7. The number of aromatic nitrogens is 1. The van der Waals surface area contributed by atoms with Gasteiger partial charge in [-0.15, -0.1) is 0 Å². The van der Waals surface area contributed by atoms with Gasteiger partial charge in [0.25, 0.3) is 5.91 Å². The molecule has 0 spiro atoms. The fraction of sp³-hybridized carbons (Fsp3) is 0.542. The van der Waals surface area contributed by atoms with E-state index in [9.17, 15) is 4.79 Å². The zero-order valence-electron chi connectivity index (χ0n) is 18.3.